The predicted octanol–water partition coefficient (Wildman–Crippen LogP) is 4.09. The molecule has 2 amide bonds. The summed E-state index contributed by atoms with van der Waals surface area (Å²) in [5.41, 5.74) is 6.55. The number of carbonyl (C=O) groups is 3. The second-order valence-electron chi connectivity index (χ2n) is 8.67. The molecule has 0 heterocycles. The molecule has 3 N–H and O–H groups in total. The highest BCUT2D eigenvalue weighted by Crippen LogP contribution is 2.13. The van der Waals surface area contributed by atoms with Crippen molar-refractivity contribution < 1.29 is 23.9 Å². The summed E-state index contributed by atoms with van der Waals surface area (Å²) in [6, 6.07) is 16.7. The van der Waals surface area contributed by atoms with Gasteiger partial charge in [-0.25, -0.2) is 0 Å². The third-order valence-corrected chi connectivity index (χ3v) is 5.33. The highest BCUT2D eigenvalue weighted by atomic mass is 32.1. The molecular formula is C27H35N3O5S. The van der Waals surface area contributed by atoms with Gasteiger partial charge in [-0.1, -0.05) is 44.2 Å². The van der Waals surface area contributed by atoms with Crippen LogP contribution < -0.4 is 20.9 Å². The Labute approximate surface area is 218 Å². The molecule has 36 heavy (non-hydrogen) atoms. The number of hydrogen-bond acceptors (Lipinski definition) is 6. The van der Waals surface area contributed by atoms with Crippen molar-refractivity contribution in [2.45, 2.75) is 52.4 Å². The summed E-state index contributed by atoms with van der Waals surface area (Å²) in [5.74, 6) is 0.151. The van der Waals surface area contributed by atoms with E-state index in [0.29, 0.717) is 36.9 Å². The third kappa shape index (κ3) is 12.3. The van der Waals surface area contributed by atoms with Crippen LogP contribution in [0.3, 0.4) is 0 Å². The van der Waals surface area contributed by atoms with Crippen molar-refractivity contribution in [2.24, 2.45) is 5.92 Å². The van der Waals surface area contributed by atoms with Gasteiger partial charge in [-0.15, -0.1) is 0 Å². The maximum atomic E-state index is 12.2. The monoisotopic (exact) mass is 513 g/mol. The molecule has 2 aromatic carbocycles. The second-order valence-corrected chi connectivity index (χ2v) is 9.08. The molecule has 0 radical (unpaired) electrons. The van der Waals surface area contributed by atoms with Crippen LogP contribution in [0.25, 0.3) is 0 Å². The minimum Gasteiger partial charge on any atom is -0.494 e. The van der Waals surface area contributed by atoms with Crippen LogP contribution in [0.2, 0.25) is 0 Å². The number of benzene rings is 2. The maximum Gasteiger partial charge on any atom is 0.305 e. The van der Waals surface area contributed by atoms with Crippen LogP contribution >= 0.6 is 12.2 Å². The van der Waals surface area contributed by atoms with Gasteiger partial charge in [0.2, 0.25) is 5.91 Å². The lowest BCUT2D eigenvalue weighted by atomic mass is 10.1. The van der Waals surface area contributed by atoms with E-state index in [9.17, 15) is 14.4 Å². The first kappa shape index (κ1) is 28.8. The fourth-order valence-electron chi connectivity index (χ4n) is 3.09. The fourth-order valence-corrected chi connectivity index (χ4v) is 3.26. The summed E-state index contributed by atoms with van der Waals surface area (Å²) in [4.78, 5) is 36.1. The first-order valence-electron chi connectivity index (χ1n) is 12.2. The topological polar surface area (TPSA) is 106 Å². The Morgan fingerprint density at radius 3 is 2.31 bits per heavy atom. The van der Waals surface area contributed by atoms with Crippen LogP contribution in [0.1, 0.15) is 61.9 Å². The Bertz CT molecular complexity index is 981. The summed E-state index contributed by atoms with van der Waals surface area (Å²) in [6.07, 6.45) is 3.13. The average Bonchev–Trinajstić information content (AvgIpc) is 2.86. The quantitative estimate of drug-likeness (QED) is 0.160. The lowest BCUT2D eigenvalue weighted by molar-refractivity contribution is -0.143. The number of thiocarbonyl (C=S) groups is 1. The number of aryl methyl sites for hydroxylation is 1. The molecule has 0 spiro atoms. The molecule has 0 saturated heterocycles. The van der Waals surface area contributed by atoms with Crippen molar-refractivity contribution in [2.75, 3.05) is 13.2 Å². The summed E-state index contributed by atoms with van der Waals surface area (Å²) in [7, 11) is 0. The lowest BCUT2D eigenvalue weighted by Gasteiger charge is -2.11. The summed E-state index contributed by atoms with van der Waals surface area (Å²) < 4.78 is 10.8. The van der Waals surface area contributed by atoms with Crippen molar-refractivity contribution in [1.29, 1.82) is 0 Å². The minimum absolute atomic E-state index is 0.0366. The van der Waals surface area contributed by atoms with E-state index in [0.717, 1.165) is 19.3 Å². The minimum atomic E-state index is -0.407. The largest absolute Gasteiger partial charge is 0.494 e. The molecule has 2 aromatic rings. The van der Waals surface area contributed by atoms with Crippen LogP contribution in [0.15, 0.2) is 54.6 Å². The van der Waals surface area contributed by atoms with Gasteiger partial charge >= 0.3 is 5.97 Å². The van der Waals surface area contributed by atoms with Crippen LogP contribution in [-0.2, 0) is 20.7 Å². The number of rotatable bonds is 13. The van der Waals surface area contributed by atoms with Crippen molar-refractivity contribution in [3.8, 4) is 5.75 Å². The van der Waals surface area contributed by atoms with Gasteiger partial charge in [-0.2, -0.15) is 0 Å². The number of ether oxygens (including phenoxy) is 2. The molecule has 0 fully saturated rings. The van der Waals surface area contributed by atoms with Crippen molar-refractivity contribution in [1.82, 2.24) is 16.2 Å². The van der Waals surface area contributed by atoms with E-state index in [-0.39, 0.29) is 29.8 Å². The molecule has 0 aliphatic heterocycles. The number of hydrogen-bond donors (Lipinski definition) is 3. The molecule has 194 valence electrons. The first-order chi connectivity index (χ1) is 17.3. The summed E-state index contributed by atoms with van der Waals surface area (Å²) in [5, 5.41) is 2.43. The molecule has 0 aromatic heterocycles. The van der Waals surface area contributed by atoms with Crippen molar-refractivity contribution in [3.63, 3.8) is 0 Å². The fraction of sp³-hybridized carbons (Fsp3) is 0.407. The van der Waals surface area contributed by atoms with Gasteiger partial charge in [0.25, 0.3) is 5.91 Å². The zero-order chi connectivity index (χ0) is 26.2. The van der Waals surface area contributed by atoms with Gasteiger partial charge in [0.15, 0.2) is 5.11 Å². The Hall–Kier alpha value is -3.46. The van der Waals surface area contributed by atoms with Gasteiger partial charge in [0.1, 0.15) is 5.75 Å². The summed E-state index contributed by atoms with van der Waals surface area (Å²) >= 11 is 5.03. The molecule has 0 saturated carbocycles. The van der Waals surface area contributed by atoms with E-state index < -0.39 is 5.91 Å². The molecule has 2 rings (SSSR count). The van der Waals surface area contributed by atoms with E-state index in [4.69, 9.17) is 21.7 Å². The molecule has 9 heteroatoms. The highest BCUT2D eigenvalue weighted by Gasteiger charge is 2.10. The van der Waals surface area contributed by atoms with Crippen LogP contribution in [0, 0.1) is 5.92 Å². The van der Waals surface area contributed by atoms with E-state index in [1.165, 1.54) is 5.56 Å². The lowest BCUT2D eigenvalue weighted by Crippen LogP contribution is -2.48. The molecule has 0 aliphatic carbocycles. The summed E-state index contributed by atoms with van der Waals surface area (Å²) in [6.45, 7) is 5.22. The molecule has 0 unspecified atom stereocenters. The van der Waals surface area contributed by atoms with Crippen LogP contribution in [-0.4, -0.2) is 36.1 Å². The second kappa shape index (κ2) is 16.3. The number of amides is 2. The van der Waals surface area contributed by atoms with Crippen molar-refractivity contribution >= 4 is 35.1 Å². The Morgan fingerprint density at radius 1 is 0.889 bits per heavy atom. The Kier molecular flexibility index (Phi) is 13.0. The zero-order valence-electron chi connectivity index (χ0n) is 20.9. The number of hydrazine groups is 1. The maximum absolute atomic E-state index is 12.2. The van der Waals surface area contributed by atoms with Gasteiger partial charge in [-0.3, -0.25) is 25.2 Å². The van der Waals surface area contributed by atoms with E-state index in [1.807, 2.05) is 30.3 Å². The molecule has 8 nitrogen and oxygen atoms in total. The Morgan fingerprint density at radius 2 is 1.61 bits per heavy atom. The molecule has 0 atom stereocenters. The van der Waals surface area contributed by atoms with Gasteiger partial charge in [0, 0.05) is 18.4 Å². The van der Waals surface area contributed by atoms with Crippen LogP contribution in [0.5, 0.6) is 5.75 Å². The average molecular weight is 514 g/mol. The third-order valence-electron chi connectivity index (χ3n) is 5.12. The Balaban J connectivity index is 1.55. The van der Waals surface area contributed by atoms with E-state index in [1.54, 1.807) is 24.3 Å². The standard InChI is InChI=1S/C27H35N3O5S/c1-20(2)17-19-34-23-15-13-22(14-16-23)26(33)29-30-27(36)28-24(31)11-6-12-25(32)35-18-7-10-21-8-4-3-5-9-21/h3-5,8-9,13-16,20H,6-7,10-12,17-19H2,1-2H3,(H,29,33)(H2,28,30,31,36). The highest BCUT2D eigenvalue weighted by molar-refractivity contribution is 7.80. The van der Waals surface area contributed by atoms with Crippen molar-refractivity contribution in [3.05, 3.63) is 65.7 Å². The number of nitrogens with one attached hydrogen (secondary N) is 3. The normalized spacial score (nSPS) is 10.4. The van der Waals surface area contributed by atoms with E-state index in [2.05, 4.69) is 30.0 Å². The molecule has 0 aliphatic rings. The van der Waals surface area contributed by atoms with Gasteiger partial charge in [0.05, 0.1) is 13.2 Å². The van der Waals surface area contributed by atoms with Gasteiger partial charge in [-0.05, 0) is 73.6 Å². The molecule has 0 bridgehead atoms. The van der Waals surface area contributed by atoms with Gasteiger partial charge < -0.3 is 14.8 Å². The number of esters is 1. The predicted molar refractivity (Wildman–Crippen MR) is 142 cm³/mol. The molecular weight excluding hydrogens is 478 g/mol. The first-order valence-corrected chi connectivity index (χ1v) is 12.6. The van der Waals surface area contributed by atoms with E-state index >= 15 is 0 Å². The number of carbonyl (C=O) groups excluding carboxylic acids is 3. The SMILES string of the molecule is CC(C)CCOc1ccc(C(=O)NNC(=S)NC(=O)CCCC(=O)OCCCc2ccccc2)cc1. The zero-order valence-corrected chi connectivity index (χ0v) is 21.7. The van der Waals surface area contributed by atoms with Crippen LogP contribution in [0.4, 0.5) is 0 Å². The smallest absolute Gasteiger partial charge is 0.305 e.